The summed E-state index contributed by atoms with van der Waals surface area (Å²) in [5.74, 6) is -0.332. The molecule has 4 N–H and O–H groups in total. The van der Waals surface area contributed by atoms with Gasteiger partial charge in [-0.25, -0.2) is 0 Å². The minimum atomic E-state index is -0.493. The summed E-state index contributed by atoms with van der Waals surface area (Å²) in [6, 6.07) is 8.80. The molecular formula is C14H18ClN3O2. The zero-order valence-electron chi connectivity index (χ0n) is 11.4. The fourth-order valence-corrected chi connectivity index (χ4v) is 1.74. The second-order valence-corrected chi connectivity index (χ2v) is 5.27. The first-order chi connectivity index (χ1) is 8.87. The molecule has 0 saturated carbocycles. The van der Waals surface area contributed by atoms with E-state index in [2.05, 4.69) is 10.3 Å². The summed E-state index contributed by atoms with van der Waals surface area (Å²) < 4.78 is 0. The highest BCUT2D eigenvalue weighted by Gasteiger charge is 2.14. The van der Waals surface area contributed by atoms with Crippen LogP contribution in [0.2, 0.25) is 0 Å². The molecule has 6 heteroatoms. The number of hydrogen-bond donors (Lipinski definition) is 3. The molecule has 0 radical (unpaired) electrons. The zero-order valence-corrected chi connectivity index (χ0v) is 12.2. The predicted octanol–water partition coefficient (Wildman–Crippen LogP) is 1.42. The first-order valence-corrected chi connectivity index (χ1v) is 6.06. The van der Waals surface area contributed by atoms with Gasteiger partial charge in [0.15, 0.2) is 0 Å². The number of rotatable bonds is 3. The molecule has 0 spiro atoms. The summed E-state index contributed by atoms with van der Waals surface area (Å²) in [5, 5.41) is 4.00. The molecule has 20 heavy (non-hydrogen) atoms. The lowest BCUT2D eigenvalue weighted by molar-refractivity contribution is 0.0941. The summed E-state index contributed by atoms with van der Waals surface area (Å²) in [5.41, 5.74) is 5.28. The van der Waals surface area contributed by atoms with Crippen molar-refractivity contribution >= 4 is 29.1 Å². The Bertz CT molecular complexity index is 674. The zero-order chi connectivity index (χ0) is 14.0. The van der Waals surface area contributed by atoms with Gasteiger partial charge in [-0.05, 0) is 31.4 Å². The number of hydrogen-bond acceptors (Lipinski definition) is 3. The van der Waals surface area contributed by atoms with Gasteiger partial charge in [-0.2, -0.15) is 0 Å². The molecule has 2 rings (SSSR count). The third-order valence-electron chi connectivity index (χ3n) is 2.70. The topological polar surface area (TPSA) is 88.0 Å². The minimum absolute atomic E-state index is 0. The van der Waals surface area contributed by atoms with E-state index in [1.807, 2.05) is 19.9 Å². The first kappa shape index (κ1) is 16.2. The van der Waals surface area contributed by atoms with Crippen LogP contribution >= 0.6 is 12.4 Å². The Morgan fingerprint density at radius 3 is 2.65 bits per heavy atom. The molecular weight excluding hydrogens is 278 g/mol. The van der Waals surface area contributed by atoms with Crippen molar-refractivity contribution in [3.63, 3.8) is 0 Å². The molecule has 1 heterocycles. The molecule has 0 aliphatic carbocycles. The summed E-state index contributed by atoms with van der Waals surface area (Å²) >= 11 is 0. The van der Waals surface area contributed by atoms with Gasteiger partial charge in [0.1, 0.15) is 5.69 Å². The highest BCUT2D eigenvalue weighted by Crippen LogP contribution is 2.09. The van der Waals surface area contributed by atoms with Crippen LogP contribution in [0.25, 0.3) is 10.8 Å². The van der Waals surface area contributed by atoms with Crippen molar-refractivity contribution in [1.82, 2.24) is 10.3 Å². The van der Waals surface area contributed by atoms with Crippen molar-refractivity contribution in [2.45, 2.75) is 19.4 Å². The van der Waals surface area contributed by atoms with Gasteiger partial charge >= 0.3 is 0 Å². The van der Waals surface area contributed by atoms with Crippen molar-refractivity contribution in [2.24, 2.45) is 5.73 Å². The molecule has 0 unspecified atom stereocenters. The number of aromatic amines is 1. The second kappa shape index (κ2) is 6.07. The van der Waals surface area contributed by atoms with Crippen LogP contribution in [0.3, 0.4) is 0 Å². The van der Waals surface area contributed by atoms with Crippen LogP contribution in [0.5, 0.6) is 0 Å². The van der Waals surface area contributed by atoms with E-state index < -0.39 is 5.54 Å². The Morgan fingerprint density at radius 2 is 2.00 bits per heavy atom. The van der Waals surface area contributed by atoms with Crippen molar-refractivity contribution in [3.05, 3.63) is 46.4 Å². The number of H-pyrrole nitrogens is 1. The molecule has 1 aromatic heterocycles. The van der Waals surface area contributed by atoms with Crippen LogP contribution in [0.4, 0.5) is 0 Å². The molecule has 108 valence electrons. The number of carbonyl (C=O) groups excluding carboxylic acids is 1. The van der Waals surface area contributed by atoms with E-state index in [9.17, 15) is 9.59 Å². The average Bonchev–Trinajstić information content (AvgIpc) is 2.35. The van der Waals surface area contributed by atoms with E-state index in [0.29, 0.717) is 11.9 Å². The normalized spacial score (nSPS) is 10.9. The largest absolute Gasteiger partial charge is 0.349 e. The third-order valence-corrected chi connectivity index (χ3v) is 2.70. The molecule has 5 nitrogen and oxygen atoms in total. The lowest BCUT2D eigenvalue weighted by Crippen LogP contribution is -2.45. The second-order valence-electron chi connectivity index (χ2n) is 5.27. The van der Waals surface area contributed by atoms with Crippen molar-refractivity contribution in [2.75, 3.05) is 6.54 Å². The molecule has 0 atom stereocenters. The maximum atomic E-state index is 12.0. The molecule has 1 aromatic carbocycles. The number of benzene rings is 1. The monoisotopic (exact) mass is 295 g/mol. The van der Waals surface area contributed by atoms with Gasteiger partial charge < -0.3 is 16.0 Å². The van der Waals surface area contributed by atoms with Gasteiger partial charge in [0, 0.05) is 17.5 Å². The van der Waals surface area contributed by atoms with E-state index in [4.69, 9.17) is 5.73 Å². The van der Waals surface area contributed by atoms with Crippen molar-refractivity contribution < 1.29 is 4.79 Å². The molecule has 0 saturated heterocycles. The van der Waals surface area contributed by atoms with Crippen molar-refractivity contribution in [3.8, 4) is 0 Å². The fraction of sp³-hybridized carbons (Fsp3) is 0.286. The summed E-state index contributed by atoms with van der Waals surface area (Å²) in [4.78, 5) is 26.4. The fourth-order valence-electron chi connectivity index (χ4n) is 1.74. The van der Waals surface area contributed by atoms with Crippen LogP contribution < -0.4 is 16.6 Å². The van der Waals surface area contributed by atoms with E-state index in [0.717, 1.165) is 5.39 Å². The minimum Gasteiger partial charge on any atom is -0.349 e. The molecule has 0 bridgehead atoms. The quantitative estimate of drug-likeness (QED) is 0.800. The standard InChI is InChI=1S/C14H17N3O2.ClH/c1-14(2,15)8-16-13(19)11-7-9-5-3-4-6-10(9)12(18)17-11;/h3-7H,8,15H2,1-2H3,(H,16,19)(H,17,18);1H. The third kappa shape index (κ3) is 3.82. The van der Waals surface area contributed by atoms with Gasteiger partial charge in [-0.1, -0.05) is 18.2 Å². The molecule has 0 aliphatic rings. The Balaban J connectivity index is 0.00000200. The highest BCUT2D eigenvalue weighted by atomic mass is 35.5. The highest BCUT2D eigenvalue weighted by molar-refractivity contribution is 5.96. The maximum absolute atomic E-state index is 12.0. The molecule has 2 aromatic rings. The molecule has 1 amide bonds. The SMILES string of the molecule is CC(C)(N)CNC(=O)c1cc2ccccc2c(=O)[nH]1.Cl. The van der Waals surface area contributed by atoms with Crippen LogP contribution in [0, 0.1) is 0 Å². The number of amides is 1. The maximum Gasteiger partial charge on any atom is 0.267 e. The summed E-state index contributed by atoms with van der Waals surface area (Å²) in [6.07, 6.45) is 0. The summed E-state index contributed by atoms with van der Waals surface area (Å²) in [7, 11) is 0. The van der Waals surface area contributed by atoms with E-state index in [1.165, 1.54) is 0 Å². The van der Waals surface area contributed by atoms with Crippen molar-refractivity contribution in [1.29, 1.82) is 0 Å². The number of pyridine rings is 1. The Labute approximate surface area is 123 Å². The number of nitrogens with one attached hydrogen (secondary N) is 2. The van der Waals surface area contributed by atoms with Crippen LogP contribution in [-0.4, -0.2) is 23.0 Å². The van der Waals surface area contributed by atoms with Gasteiger partial charge in [0.2, 0.25) is 0 Å². The average molecular weight is 296 g/mol. The number of nitrogens with two attached hydrogens (primary N) is 1. The van der Waals surface area contributed by atoms with Crippen LogP contribution in [0.1, 0.15) is 24.3 Å². The van der Waals surface area contributed by atoms with Crippen LogP contribution in [0.15, 0.2) is 35.1 Å². The smallest absolute Gasteiger partial charge is 0.267 e. The number of aromatic nitrogens is 1. The lowest BCUT2D eigenvalue weighted by Gasteiger charge is -2.18. The lowest BCUT2D eigenvalue weighted by atomic mass is 10.1. The summed E-state index contributed by atoms with van der Waals surface area (Å²) in [6.45, 7) is 3.97. The van der Waals surface area contributed by atoms with Gasteiger partial charge in [-0.15, -0.1) is 12.4 Å². The predicted molar refractivity (Wildman–Crippen MR) is 82.4 cm³/mol. The Morgan fingerprint density at radius 1 is 1.35 bits per heavy atom. The van der Waals surface area contributed by atoms with Gasteiger partial charge in [-0.3, -0.25) is 9.59 Å². The van der Waals surface area contributed by atoms with Gasteiger partial charge in [0.25, 0.3) is 11.5 Å². The van der Waals surface area contributed by atoms with E-state index >= 15 is 0 Å². The number of fused-ring (bicyclic) bond motifs is 1. The number of carbonyl (C=O) groups is 1. The van der Waals surface area contributed by atoms with Gasteiger partial charge in [0.05, 0.1) is 0 Å². The molecule has 0 aliphatic heterocycles. The Kier molecular flexibility index (Phi) is 4.92. The van der Waals surface area contributed by atoms with E-state index in [-0.39, 0.29) is 29.6 Å². The molecule has 0 fully saturated rings. The first-order valence-electron chi connectivity index (χ1n) is 6.06. The van der Waals surface area contributed by atoms with Crippen LogP contribution in [-0.2, 0) is 0 Å². The van der Waals surface area contributed by atoms with E-state index in [1.54, 1.807) is 24.3 Å². The number of halogens is 1. The Hall–Kier alpha value is -1.85.